The normalized spacial score (nSPS) is 15.9. The van der Waals surface area contributed by atoms with Crippen LogP contribution < -0.4 is 5.73 Å². The maximum atomic E-state index is 6.32. The monoisotopic (exact) mass is 245 g/mol. The minimum absolute atomic E-state index is 0.0212. The van der Waals surface area contributed by atoms with E-state index < -0.39 is 0 Å². The first-order chi connectivity index (χ1) is 8.25. The second kappa shape index (κ2) is 4.26. The van der Waals surface area contributed by atoms with Crippen LogP contribution >= 0.6 is 11.3 Å². The molecule has 0 saturated heterocycles. The van der Waals surface area contributed by atoms with Gasteiger partial charge < -0.3 is 10.5 Å². The Morgan fingerprint density at radius 2 is 2.06 bits per heavy atom. The fourth-order valence-electron chi connectivity index (χ4n) is 2.28. The summed E-state index contributed by atoms with van der Waals surface area (Å²) in [5.74, 6) is 0. The molecule has 1 unspecified atom stereocenters. The number of hydrogen-bond acceptors (Lipinski definition) is 3. The first-order valence-electron chi connectivity index (χ1n) is 5.75. The molecule has 2 aromatic rings. The Labute approximate surface area is 105 Å². The third kappa shape index (κ3) is 1.90. The van der Waals surface area contributed by atoms with Crippen molar-refractivity contribution in [1.29, 1.82) is 0 Å². The molecule has 0 saturated carbocycles. The fourth-order valence-corrected chi connectivity index (χ4v) is 3.03. The van der Waals surface area contributed by atoms with Crippen LogP contribution in [0.25, 0.3) is 0 Å². The van der Waals surface area contributed by atoms with E-state index in [9.17, 15) is 0 Å². The Morgan fingerprint density at radius 3 is 2.82 bits per heavy atom. The molecule has 88 valence electrons. The lowest BCUT2D eigenvalue weighted by molar-refractivity contribution is 0.134. The van der Waals surface area contributed by atoms with Gasteiger partial charge in [-0.25, -0.2) is 0 Å². The summed E-state index contributed by atoms with van der Waals surface area (Å²) >= 11 is 1.75. The molecule has 1 aromatic carbocycles. The van der Waals surface area contributed by atoms with Gasteiger partial charge in [0.05, 0.1) is 19.3 Å². The smallest absolute Gasteiger partial charge is 0.0725 e. The number of rotatable bonds is 2. The molecule has 17 heavy (non-hydrogen) atoms. The second-order valence-electron chi connectivity index (χ2n) is 4.43. The summed E-state index contributed by atoms with van der Waals surface area (Å²) in [7, 11) is 0. The van der Waals surface area contributed by atoms with Gasteiger partial charge in [0.2, 0.25) is 0 Å². The van der Waals surface area contributed by atoms with Crippen molar-refractivity contribution in [1.82, 2.24) is 0 Å². The zero-order chi connectivity index (χ0) is 11.8. The van der Waals surface area contributed by atoms with Gasteiger partial charge in [0.15, 0.2) is 0 Å². The van der Waals surface area contributed by atoms with Crippen LogP contribution in [-0.2, 0) is 18.0 Å². The number of ether oxygens (including phenoxy) is 1. The summed E-state index contributed by atoms with van der Waals surface area (Å²) in [5.41, 5.74) is 11.3. The largest absolute Gasteiger partial charge is 0.372 e. The SMILES string of the molecule is Cc1sccc1C(N)c1ccc2c(c1)COC2. The maximum Gasteiger partial charge on any atom is 0.0725 e. The molecule has 2 heterocycles. The fraction of sp³-hybridized carbons (Fsp3) is 0.286. The van der Waals surface area contributed by atoms with Crippen LogP contribution in [0.2, 0.25) is 0 Å². The quantitative estimate of drug-likeness (QED) is 0.882. The summed E-state index contributed by atoms with van der Waals surface area (Å²) in [6, 6.07) is 8.54. The number of hydrogen-bond donors (Lipinski definition) is 1. The maximum absolute atomic E-state index is 6.32. The number of thiophene rings is 1. The molecular formula is C14H15NOS. The lowest BCUT2D eigenvalue weighted by Gasteiger charge is -2.13. The van der Waals surface area contributed by atoms with Crippen molar-refractivity contribution < 1.29 is 4.74 Å². The van der Waals surface area contributed by atoms with Gasteiger partial charge in [0.25, 0.3) is 0 Å². The van der Waals surface area contributed by atoms with Crippen molar-refractivity contribution in [2.45, 2.75) is 26.2 Å². The molecule has 1 aliphatic heterocycles. The van der Waals surface area contributed by atoms with E-state index in [1.807, 2.05) is 0 Å². The molecule has 3 heteroatoms. The van der Waals surface area contributed by atoms with E-state index in [1.54, 1.807) is 11.3 Å². The molecule has 0 bridgehead atoms. The zero-order valence-corrected chi connectivity index (χ0v) is 10.6. The van der Waals surface area contributed by atoms with Gasteiger partial charge >= 0.3 is 0 Å². The van der Waals surface area contributed by atoms with Crippen LogP contribution in [0.1, 0.15) is 33.2 Å². The number of benzene rings is 1. The molecule has 3 rings (SSSR count). The topological polar surface area (TPSA) is 35.2 Å². The van der Waals surface area contributed by atoms with Gasteiger partial charge in [0.1, 0.15) is 0 Å². The standard InChI is InChI=1S/C14H15NOS/c1-9-13(4-5-17-9)14(15)10-2-3-11-7-16-8-12(11)6-10/h2-6,14H,7-8,15H2,1H3. The lowest BCUT2D eigenvalue weighted by Crippen LogP contribution is -2.12. The summed E-state index contributed by atoms with van der Waals surface area (Å²) < 4.78 is 5.43. The molecular weight excluding hydrogens is 230 g/mol. The Morgan fingerprint density at radius 1 is 1.24 bits per heavy atom. The van der Waals surface area contributed by atoms with Crippen LogP contribution in [0.4, 0.5) is 0 Å². The minimum Gasteiger partial charge on any atom is -0.372 e. The average Bonchev–Trinajstić information content (AvgIpc) is 2.95. The van der Waals surface area contributed by atoms with E-state index in [1.165, 1.54) is 27.1 Å². The highest BCUT2D eigenvalue weighted by atomic mass is 32.1. The summed E-state index contributed by atoms with van der Waals surface area (Å²) in [6.07, 6.45) is 0. The van der Waals surface area contributed by atoms with Crippen molar-refractivity contribution in [2.24, 2.45) is 5.73 Å². The summed E-state index contributed by atoms with van der Waals surface area (Å²) in [6.45, 7) is 3.58. The Hall–Kier alpha value is -1.16. The van der Waals surface area contributed by atoms with Gasteiger partial charge in [-0.1, -0.05) is 18.2 Å². The van der Waals surface area contributed by atoms with Crippen molar-refractivity contribution >= 4 is 11.3 Å². The number of nitrogens with two attached hydrogens (primary N) is 1. The molecule has 1 aromatic heterocycles. The van der Waals surface area contributed by atoms with Crippen molar-refractivity contribution in [3.63, 3.8) is 0 Å². The molecule has 0 aliphatic carbocycles. The lowest BCUT2D eigenvalue weighted by atomic mass is 9.97. The Balaban J connectivity index is 1.97. The first kappa shape index (κ1) is 11.0. The van der Waals surface area contributed by atoms with Gasteiger partial charge in [-0.05, 0) is 40.6 Å². The minimum atomic E-state index is -0.0212. The predicted octanol–water partition coefficient (Wildman–Crippen LogP) is 3.13. The Bertz CT molecular complexity index is 547. The number of aryl methyl sites for hydroxylation is 1. The molecule has 0 amide bonds. The van der Waals surface area contributed by atoms with Crippen LogP contribution in [0.3, 0.4) is 0 Å². The van der Waals surface area contributed by atoms with Crippen LogP contribution in [-0.4, -0.2) is 0 Å². The second-order valence-corrected chi connectivity index (χ2v) is 5.55. The van der Waals surface area contributed by atoms with E-state index in [2.05, 4.69) is 36.6 Å². The highest BCUT2D eigenvalue weighted by Gasteiger charge is 2.16. The summed E-state index contributed by atoms with van der Waals surface area (Å²) in [4.78, 5) is 1.30. The third-order valence-electron chi connectivity index (χ3n) is 3.34. The van der Waals surface area contributed by atoms with E-state index in [4.69, 9.17) is 10.5 Å². The van der Waals surface area contributed by atoms with Crippen molar-refractivity contribution in [3.8, 4) is 0 Å². The van der Waals surface area contributed by atoms with Crippen LogP contribution in [0, 0.1) is 6.92 Å². The van der Waals surface area contributed by atoms with Crippen molar-refractivity contribution in [3.05, 3.63) is 56.8 Å². The summed E-state index contributed by atoms with van der Waals surface area (Å²) in [5, 5.41) is 2.10. The Kier molecular flexibility index (Phi) is 2.74. The van der Waals surface area contributed by atoms with E-state index in [-0.39, 0.29) is 6.04 Å². The molecule has 2 N–H and O–H groups in total. The first-order valence-corrected chi connectivity index (χ1v) is 6.62. The highest BCUT2D eigenvalue weighted by Crippen LogP contribution is 2.29. The van der Waals surface area contributed by atoms with Gasteiger partial charge in [-0.3, -0.25) is 0 Å². The van der Waals surface area contributed by atoms with E-state index in [0.717, 1.165) is 13.2 Å². The zero-order valence-electron chi connectivity index (χ0n) is 9.77. The highest BCUT2D eigenvalue weighted by molar-refractivity contribution is 7.10. The molecule has 1 aliphatic rings. The van der Waals surface area contributed by atoms with Gasteiger partial charge in [-0.15, -0.1) is 11.3 Å². The molecule has 0 fully saturated rings. The van der Waals surface area contributed by atoms with Gasteiger partial charge in [0, 0.05) is 4.88 Å². The molecule has 0 spiro atoms. The molecule has 0 radical (unpaired) electrons. The molecule has 2 nitrogen and oxygen atoms in total. The predicted molar refractivity (Wildman–Crippen MR) is 70.0 cm³/mol. The molecule has 1 atom stereocenters. The van der Waals surface area contributed by atoms with E-state index >= 15 is 0 Å². The number of fused-ring (bicyclic) bond motifs is 1. The van der Waals surface area contributed by atoms with E-state index in [0.29, 0.717) is 0 Å². The van der Waals surface area contributed by atoms with Crippen LogP contribution in [0.15, 0.2) is 29.6 Å². The van der Waals surface area contributed by atoms with Crippen molar-refractivity contribution in [2.75, 3.05) is 0 Å². The average molecular weight is 245 g/mol. The van der Waals surface area contributed by atoms with Gasteiger partial charge in [-0.2, -0.15) is 0 Å². The third-order valence-corrected chi connectivity index (χ3v) is 4.20. The van der Waals surface area contributed by atoms with Crippen LogP contribution in [0.5, 0.6) is 0 Å².